The monoisotopic (exact) mass is 339 g/mol. The quantitative estimate of drug-likeness (QED) is 0.725. The van der Waals surface area contributed by atoms with Crippen molar-refractivity contribution < 1.29 is 4.79 Å². The van der Waals surface area contributed by atoms with Crippen molar-refractivity contribution >= 4 is 28.6 Å². The number of rotatable bonds is 5. The van der Waals surface area contributed by atoms with Crippen LogP contribution in [0.2, 0.25) is 0 Å². The summed E-state index contributed by atoms with van der Waals surface area (Å²) in [4.78, 5) is 29.1. The average molecular weight is 339 g/mol. The molecule has 0 aliphatic heterocycles. The van der Waals surface area contributed by atoms with Gasteiger partial charge in [0.05, 0.1) is 23.5 Å². The van der Waals surface area contributed by atoms with E-state index in [1.807, 2.05) is 42.5 Å². The lowest BCUT2D eigenvalue weighted by atomic mass is 10.2. The van der Waals surface area contributed by atoms with Crippen LogP contribution in [0.4, 0.5) is 0 Å². The molecule has 0 fully saturated rings. The van der Waals surface area contributed by atoms with E-state index in [-0.39, 0.29) is 17.2 Å². The second kappa shape index (κ2) is 7.31. The van der Waals surface area contributed by atoms with E-state index in [4.69, 9.17) is 0 Å². The number of thioether (sulfide) groups is 1. The number of fused-ring (bicyclic) bond motifs is 1. The molecule has 2 heterocycles. The Bertz CT molecular complexity index is 922. The standard InChI is InChI=1S/C18H17N3O2S/c1-21-15-8-3-2-7-14(15)16(10-18(21)23)24-12-17(22)20-11-13-6-4-5-9-19-13/h2-10H,11-12H2,1H3,(H,20,22). The molecule has 0 unspecified atom stereocenters. The minimum atomic E-state index is -0.0876. The number of aromatic nitrogens is 2. The smallest absolute Gasteiger partial charge is 0.251 e. The zero-order valence-corrected chi connectivity index (χ0v) is 14.0. The Kier molecular flexibility index (Phi) is 4.96. The summed E-state index contributed by atoms with van der Waals surface area (Å²) >= 11 is 1.37. The van der Waals surface area contributed by atoms with Gasteiger partial charge in [-0.15, -0.1) is 11.8 Å². The number of carbonyl (C=O) groups excluding carboxylic acids is 1. The van der Waals surface area contributed by atoms with Gasteiger partial charge in [-0.1, -0.05) is 24.3 Å². The van der Waals surface area contributed by atoms with E-state index >= 15 is 0 Å². The van der Waals surface area contributed by atoms with Crippen LogP contribution in [-0.4, -0.2) is 21.2 Å². The third-order valence-corrected chi connectivity index (χ3v) is 4.72. The molecule has 0 aliphatic carbocycles. The van der Waals surface area contributed by atoms with Gasteiger partial charge < -0.3 is 9.88 Å². The number of benzene rings is 1. The molecule has 122 valence electrons. The fourth-order valence-corrected chi connectivity index (χ4v) is 3.29. The molecule has 0 atom stereocenters. The summed E-state index contributed by atoms with van der Waals surface area (Å²) in [5, 5.41) is 3.81. The number of pyridine rings is 2. The number of nitrogens with zero attached hydrogens (tertiary/aromatic N) is 2. The van der Waals surface area contributed by atoms with Gasteiger partial charge in [0.25, 0.3) is 5.56 Å². The van der Waals surface area contributed by atoms with Crippen LogP contribution in [0.25, 0.3) is 10.9 Å². The molecule has 3 rings (SSSR count). The highest BCUT2D eigenvalue weighted by Crippen LogP contribution is 2.25. The van der Waals surface area contributed by atoms with Crippen LogP contribution in [0.3, 0.4) is 0 Å². The summed E-state index contributed by atoms with van der Waals surface area (Å²) in [7, 11) is 1.75. The minimum absolute atomic E-state index is 0.0786. The maximum absolute atomic E-state index is 12.1. The Morgan fingerprint density at radius 2 is 2.00 bits per heavy atom. The molecule has 24 heavy (non-hydrogen) atoms. The summed E-state index contributed by atoms with van der Waals surface area (Å²) < 4.78 is 1.61. The normalized spacial score (nSPS) is 10.7. The zero-order chi connectivity index (χ0) is 16.9. The highest BCUT2D eigenvalue weighted by atomic mass is 32.2. The molecule has 1 N–H and O–H groups in total. The van der Waals surface area contributed by atoms with E-state index in [2.05, 4.69) is 10.3 Å². The molecule has 3 aromatic rings. The predicted molar refractivity (Wildman–Crippen MR) is 96.0 cm³/mol. The third-order valence-electron chi connectivity index (χ3n) is 3.67. The maximum Gasteiger partial charge on any atom is 0.251 e. The van der Waals surface area contributed by atoms with E-state index in [9.17, 15) is 9.59 Å². The minimum Gasteiger partial charge on any atom is -0.350 e. The van der Waals surface area contributed by atoms with Crippen LogP contribution < -0.4 is 10.9 Å². The van der Waals surface area contributed by atoms with Crippen molar-refractivity contribution in [2.45, 2.75) is 11.4 Å². The van der Waals surface area contributed by atoms with Crippen molar-refractivity contribution in [2.24, 2.45) is 7.05 Å². The fourth-order valence-electron chi connectivity index (χ4n) is 2.39. The Hall–Kier alpha value is -2.60. The van der Waals surface area contributed by atoms with E-state index in [1.54, 1.807) is 23.9 Å². The van der Waals surface area contributed by atoms with Crippen LogP contribution in [0.5, 0.6) is 0 Å². The summed E-state index contributed by atoms with van der Waals surface area (Å²) in [6.45, 7) is 0.400. The van der Waals surface area contributed by atoms with Crippen LogP contribution in [0.1, 0.15) is 5.69 Å². The Morgan fingerprint density at radius 3 is 2.79 bits per heavy atom. The van der Waals surface area contributed by atoms with Gasteiger partial charge in [-0.2, -0.15) is 0 Å². The molecule has 0 saturated heterocycles. The van der Waals surface area contributed by atoms with Crippen LogP contribution in [0, 0.1) is 0 Å². The van der Waals surface area contributed by atoms with E-state index in [1.165, 1.54) is 11.8 Å². The van der Waals surface area contributed by atoms with Gasteiger partial charge in [-0.25, -0.2) is 0 Å². The first-order valence-corrected chi connectivity index (χ1v) is 8.52. The van der Waals surface area contributed by atoms with Crippen molar-refractivity contribution in [2.75, 3.05) is 5.75 Å². The van der Waals surface area contributed by atoms with Crippen molar-refractivity contribution in [1.82, 2.24) is 14.9 Å². The lowest BCUT2D eigenvalue weighted by Gasteiger charge is -2.10. The van der Waals surface area contributed by atoms with Gasteiger partial charge in [0, 0.05) is 29.6 Å². The number of aryl methyl sites for hydroxylation is 1. The van der Waals surface area contributed by atoms with Gasteiger partial charge in [-0.05, 0) is 18.2 Å². The summed E-state index contributed by atoms with van der Waals surface area (Å²) in [5.41, 5.74) is 1.60. The molecular weight excluding hydrogens is 322 g/mol. The second-order valence-corrected chi connectivity index (χ2v) is 6.33. The van der Waals surface area contributed by atoms with E-state index < -0.39 is 0 Å². The van der Waals surface area contributed by atoms with Gasteiger partial charge in [0.1, 0.15) is 0 Å². The average Bonchev–Trinajstić information content (AvgIpc) is 2.62. The Morgan fingerprint density at radius 1 is 1.21 bits per heavy atom. The van der Waals surface area contributed by atoms with Crippen molar-refractivity contribution in [3.8, 4) is 0 Å². The molecule has 5 nitrogen and oxygen atoms in total. The molecule has 6 heteroatoms. The lowest BCUT2D eigenvalue weighted by Crippen LogP contribution is -2.25. The third kappa shape index (κ3) is 3.65. The van der Waals surface area contributed by atoms with Crippen LogP contribution in [0.15, 0.2) is 64.4 Å². The predicted octanol–water partition coefficient (Wildman–Crippen LogP) is 2.34. The highest BCUT2D eigenvalue weighted by molar-refractivity contribution is 8.00. The number of hydrogen-bond donors (Lipinski definition) is 1. The van der Waals surface area contributed by atoms with Crippen molar-refractivity contribution in [1.29, 1.82) is 0 Å². The Balaban J connectivity index is 1.68. The SMILES string of the molecule is Cn1c(=O)cc(SCC(=O)NCc2ccccn2)c2ccccc21. The molecule has 0 aliphatic rings. The molecule has 0 saturated carbocycles. The molecule has 1 amide bonds. The van der Waals surface area contributed by atoms with Crippen LogP contribution in [-0.2, 0) is 18.4 Å². The summed E-state index contributed by atoms with van der Waals surface area (Å²) in [5.74, 6) is 0.166. The second-order valence-electron chi connectivity index (χ2n) is 5.31. The van der Waals surface area contributed by atoms with Gasteiger partial charge in [-0.3, -0.25) is 14.6 Å². The molecule has 0 radical (unpaired) electrons. The van der Waals surface area contributed by atoms with Gasteiger partial charge in [0.2, 0.25) is 5.91 Å². The highest BCUT2D eigenvalue weighted by Gasteiger charge is 2.09. The topological polar surface area (TPSA) is 64.0 Å². The van der Waals surface area contributed by atoms with Crippen molar-refractivity contribution in [3.05, 3.63) is 70.8 Å². The van der Waals surface area contributed by atoms with Gasteiger partial charge in [0.15, 0.2) is 0 Å². The van der Waals surface area contributed by atoms with E-state index in [0.29, 0.717) is 6.54 Å². The summed E-state index contributed by atoms with van der Waals surface area (Å²) in [6, 6.07) is 14.9. The first-order chi connectivity index (χ1) is 11.6. The number of nitrogens with one attached hydrogen (secondary N) is 1. The number of hydrogen-bond acceptors (Lipinski definition) is 4. The first kappa shape index (κ1) is 16.3. The van der Waals surface area contributed by atoms with Gasteiger partial charge >= 0.3 is 0 Å². The Labute approximate surface area is 143 Å². The molecular formula is C18H17N3O2S. The summed E-state index contributed by atoms with van der Waals surface area (Å²) in [6.07, 6.45) is 1.70. The molecule has 2 aromatic heterocycles. The lowest BCUT2D eigenvalue weighted by molar-refractivity contribution is -0.118. The zero-order valence-electron chi connectivity index (χ0n) is 13.2. The van der Waals surface area contributed by atoms with Crippen LogP contribution >= 0.6 is 11.8 Å². The largest absolute Gasteiger partial charge is 0.350 e. The molecule has 0 spiro atoms. The number of carbonyl (C=O) groups is 1. The molecule has 1 aromatic carbocycles. The first-order valence-electron chi connectivity index (χ1n) is 7.53. The molecule has 0 bridgehead atoms. The number of para-hydroxylation sites is 1. The van der Waals surface area contributed by atoms with E-state index in [0.717, 1.165) is 21.5 Å². The maximum atomic E-state index is 12.1. The van der Waals surface area contributed by atoms with Crippen molar-refractivity contribution in [3.63, 3.8) is 0 Å². The fraction of sp³-hybridized carbons (Fsp3) is 0.167. The number of amides is 1.